The average molecular weight is 284 g/mol. The number of aromatic nitrogens is 2. The molecule has 4 amide bonds. The van der Waals surface area contributed by atoms with Crippen molar-refractivity contribution in [2.24, 2.45) is 5.73 Å². The van der Waals surface area contributed by atoms with Gasteiger partial charge in [0.2, 0.25) is 0 Å². The first-order valence-electron chi connectivity index (χ1n) is 5.76. The van der Waals surface area contributed by atoms with Crippen molar-refractivity contribution in [1.29, 1.82) is 0 Å². The van der Waals surface area contributed by atoms with Crippen molar-refractivity contribution >= 4 is 18.0 Å². The second-order valence-electron chi connectivity index (χ2n) is 3.86. The van der Waals surface area contributed by atoms with Crippen LogP contribution in [0.1, 0.15) is 5.69 Å². The molecular weight excluding hydrogens is 268 g/mol. The minimum absolute atomic E-state index is 0.0856. The Balaban J connectivity index is 2.35. The first-order valence-corrected chi connectivity index (χ1v) is 5.76. The number of imidazole rings is 1. The zero-order chi connectivity index (χ0) is 15.0. The molecule has 1 heterocycles. The normalized spacial score (nSPS) is 11.4. The summed E-state index contributed by atoms with van der Waals surface area (Å²) in [6.07, 6.45) is 2.98. The number of aromatic amines is 1. The van der Waals surface area contributed by atoms with E-state index in [1.165, 1.54) is 12.5 Å². The number of carbonyl (C=O) groups is 3. The van der Waals surface area contributed by atoms with Crippen LogP contribution in [-0.4, -0.2) is 52.2 Å². The maximum absolute atomic E-state index is 11.5. The van der Waals surface area contributed by atoms with Crippen LogP contribution in [0, 0.1) is 0 Å². The van der Waals surface area contributed by atoms with Crippen molar-refractivity contribution in [3.63, 3.8) is 0 Å². The standard InChI is InChI=1S/C10H16N6O4/c11-9(19)13-1-2-14-10(20)16-7(8(17)18)3-6-4-12-5-15-6/h4-5,7H,1-3H2,(H,12,15)(H,17,18)(H3,11,13,19)(H2,14,16,20)/t7-/m0/s1. The highest BCUT2D eigenvalue weighted by molar-refractivity contribution is 5.82. The van der Waals surface area contributed by atoms with Crippen LogP contribution < -0.4 is 21.7 Å². The number of aliphatic carboxylic acids is 1. The van der Waals surface area contributed by atoms with Gasteiger partial charge in [-0.25, -0.2) is 19.4 Å². The van der Waals surface area contributed by atoms with Gasteiger partial charge < -0.3 is 31.8 Å². The zero-order valence-corrected chi connectivity index (χ0v) is 10.5. The molecule has 0 aliphatic carbocycles. The van der Waals surface area contributed by atoms with E-state index in [0.29, 0.717) is 5.69 Å². The molecule has 0 bridgehead atoms. The quantitative estimate of drug-likeness (QED) is 0.331. The Hall–Kier alpha value is -2.78. The molecule has 10 nitrogen and oxygen atoms in total. The lowest BCUT2D eigenvalue weighted by molar-refractivity contribution is -0.139. The number of carboxylic acids is 1. The van der Waals surface area contributed by atoms with E-state index in [1.807, 2.05) is 0 Å². The minimum Gasteiger partial charge on any atom is -0.480 e. The molecule has 10 heteroatoms. The smallest absolute Gasteiger partial charge is 0.326 e. The summed E-state index contributed by atoms with van der Waals surface area (Å²) in [5.41, 5.74) is 5.43. The highest BCUT2D eigenvalue weighted by Gasteiger charge is 2.20. The second kappa shape index (κ2) is 7.61. The number of amides is 4. The van der Waals surface area contributed by atoms with Crippen LogP contribution in [0.25, 0.3) is 0 Å². The van der Waals surface area contributed by atoms with Gasteiger partial charge in [0.15, 0.2) is 0 Å². The SMILES string of the molecule is NC(=O)NCCNC(=O)N[C@@H](Cc1cnc[nH]1)C(=O)O. The summed E-state index contributed by atoms with van der Waals surface area (Å²) in [7, 11) is 0. The lowest BCUT2D eigenvalue weighted by Crippen LogP contribution is -2.48. The lowest BCUT2D eigenvalue weighted by atomic mass is 10.2. The predicted octanol–water partition coefficient (Wildman–Crippen LogP) is -1.63. The largest absolute Gasteiger partial charge is 0.480 e. The summed E-state index contributed by atoms with van der Waals surface area (Å²) in [4.78, 5) is 39.4. The highest BCUT2D eigenvalue weighted by Crippen LogP contribution is 1.98. The highest BCUT2D eigenvalue weighted by atomic mass is 16.4. The molecule has 0 saturated carbocycles. The number of urea groups is 2. The van der Waals surface area contributed by atoms with Crippen LogP contribution in [-0.2, 0) is 11.2 Å². The number of rotatable bonds is 7. The average Bonchev–Trinajstić information content (AvgIpc) is 2.86. The van der Waals surface area contributed by atoms with Crippen LogP contribution in [0.5, 0.6) is 0 Å². The molecule has 20 heavy (non-hydrogen) atoms. The number of hydrogen-bond acceptors (Lipinski definition) is 4. The first kappa shape index (κ1) is 15.3. The molecule has 1 aromatic rings. The Morgan fingerprint density at radius 2 is 2.05 bits per heavy atom. The third kappa shape index (κ3) is 5.71. The number of nitrogens with zero attached hydrogens (tertiary/aromatic N) is 1. The van der Waals surface area contributed by atoms with Crippen LogP contribution in [0.2, 0.25) is 0 Å². The van der Waals surface area contributed by atoms with Crippen LogP contribution in [0.15, 0.2) is 12.5 Å². The van der Waals surface area contributed by atoms with Crippen molar-refractivity contribution in [3.05, 3.63) is 18.2 Å². The summed E-state index contributed by atoms with van der Waals surface area (Å²) >= 11 is 0. The third-order valence-corrected chi connectivity index (χ3v) is 2.29. The molecule has 1 aromatic heterocycles. The zero-order valence-electron chi connectivity index (χ0n) is 10.5. The van der Waals surface area contributed by atoms with Crippen molar-refractivity contribution in [2.45, 2.75) is 12.5 Å². The Morgan fingerprint density at radius 1 is 1.35 bits per heavy atom. The molecule has 1 atom stereocenters. The minimum atomic E-state index is -1.16. The molecule has 0 aromatic carbocycles. The van der Waals surface area contributed by atoms with E-state index in [4.69, 9.17) is 10.8 Å². The second-order valence-corrected chi connectivity index (χ2v) is 3.86. The molecule has 0 unspecified atom stereocenters. The predicted molar refractivity (Wildman–Crippen MR) is 67.8 cm³/mol. The van der Waals surface area contributed by atoms with Gasteiger partial charge in [-0.3, -0.25) is 0 Å². The van der Waals surface area contributed by atoms with Gasteiger partial charge in [0.1, 0.15) is 6.04 Å². The number of H-pyrrole nitrogens is 1. The monoisotopic (exact) mass is 284 g/mol. The number of primary amides is 1. The Bertz CT molecular complexity index is 460. The Kier molecular flexibility index (Phi) is 5.81. The first-order chi connectivity index (χ1) is 9.49. The van der Waals surface area contributed by atoms with Crippen LogP contribution in [0.3, 0.4) is 0 Å². The molecule has 0 saturated heterocycles. The van der Waals surface area contributed by atoms with Gasteiger partial charge in [-0.15, -0.1) is 0 Å². The van der Waals surface area contributed by atoms with E-state index in [2.05, 4.69) is 25.9 Å². The van der Waals surface area contributed by atoms with Crippen molar-refractivity contribution in [3.8, 4) is 0 Å². The Morgan fingerprint density at radius 3 is 2.60 bits per heavy atom. The number of carboxylic acid groups (broad SMARTS) is 1. The van der Waals surface area contributed by atoms with Crippen LogP contribution >= 0.6 is 0 Å². The number of carbonyl (C=O) groups excluding carboxylic acids is 2. The van der Waals surface area contributed by atoms with Gasteiger partial charge in [-0.1, -0.05) is 0 Å². The van der Waals surface area contributed by atoms with Gasteiger partial charge in [0.25, 0.3) is 0 Å². The topological polar surface area (TPSA) is 162 Å². The van der Waals surface area contributed by atoms with Gasteiger partial charge in [0.05, 0.1) is 6.33 Å². The van der Waals surface area contributed by atoms with Gasteiger partial charge in [-0.05, 0) is 0 Å². The number of nitrogens with one attached hydrogen (secondary N) is 4. The maximum atomic E-state index is 11.5. The van der Waals surface area contributed by atoms with E-state index >= 15 is 0 Å². The van der Waals surface area contributed by atoms with E-state index < -0.39 is 24.1 Å². The Labute approximate surface area is 114 Å². The molecule has 0 aliphatic rings. The molecule has 0 aliphatic heterocycles. The summed E-state index contributed by atoms with van der Waals surface area (Å²) in [5.74, 6) is -1.16. The van der Waals surface area contributed by atoms with E-state index in [9.17, 15) is 14.4 Å². The van der Waals surface area contributed by atoms with Crippen molar-refractivity contribution in [1.82, 2.24) is 25.9 Å². The van der Waals surface area contributed by atoms with Gasteiger partial charge in [-0.2, -0.15) is 0 Å². The van der Waals surface area contributed by atoms with Crippen molar-refractivity contribution < 1.29 is 19.5 Å². The fourth-order valence-corrected chi connectivity index (χ4v) is 1.39. The lowest BCUT2D eigenvalue weighted by Gasteiger charge is -2.14. The third-order valence-electron chi connectivity index (χ3n) is 2.29. The molecular formula is C10H16N6O4. The number of nitrogens with two attached hydrogens (primary N) is 1. The fraction of sp³-hybridized carbons (Fsp3) is 0.400. The summed E-state index contributed by atoms with van der Waals surface area (Å²) in [5, 5.41) is 16.0. The van der Waals surface area contributed by atoms with Gasteiger partial charge >= 0.3 is 18.0 Å². The summed E-state index contributed by atoms with van der Waals surface area (Å²) < 4.78 is 0. The van der Waals surface area contributed by atoms with E-state index in [0.717, 1.165) is 0 Å². The van der Waals surface area contributed by atoms with Gasteiger partial charge in [0, 0.05) is 31.4 Å². The molecule has 0 radical (unpaired) electrons. The van der Waals surface area contributed by atoms with E-state index in [-0.39, 0.29) is 19.5 Å². The number of hydrogen-bond donors (Lipinski definition) is 6. The fourth-order valence-electron chi connectivity index (χ4n) is 1.39. The molecule has 110 valence electrons. The van der Waals surface area contributed by atoms with Crippen molar-refractivity contribution in [2.75, 3.05) is 13.1 Å². The summed E-state index contributed by atoms with van der Waals surface area (Å²) in [6.45, 7) is 0.284. The van der Waals surface area contributed by atoms with E-state index in [1.54, 1.807) is 0 Å². The molecule has 0 spiro atoms. The molecule has 7 N–H and O–H groups in total. The molecule has 0 fully saturated rings. The maximum Gasteiger partial charge on any atom is 0.326 e. The molecule has 1 rings (SSSR count). The summed E-state index contributed by atoms with van der Waals surface area (Å²) in [6, 6.07) is -2.43. The van der Waals surface area contributed by atoms with Crippen LogP contribution in [0.4, 0.5) is 9.59 Å².